The lowest BCUT2D eigenvalue weighted by atomic mass is 10.1. The number of halogens is 4. The Hall–Kier alpha value is -3.40. The van der Waals surface area contributed by atoms with Crippen LogP contribution in [-0.4, -0.2) is 43.6 Å². The molecule has 2 aromatic heterocycles. The van der Waals surface area contributed by atoms with Crippen LogP contribution in [0.4, 0.5) is 13.2 Å². The van der Waals surface area contributed by atoms with E-state index in [0.717, 1.165) is 16.5 Å². The molecule has 0 aliphatic carbocycles. The van der Waals surface area contributed by atoms with Crippen molar-refractivity contribution in [3.8, 4) is 11.4 Å². The molecule has 0 aliphatic rings. The van der Waals surface area contributed by atoms with Gasteiger partial charge in [0.2, 0.25) is 0 Å². The van der Waals surface area contributed by atoms with Gasteiger partial charge in [0.1, 0.15) is 17.5 Å². The van der Waals surface area contributed by atoms with Crippen molar-refractivity contribution in [2.75, 3.05) is 6.54 Å². The molecular formula is C20H16ClF3N6O. The van der Waals surface area contributed by atoms with E-state index < -0.39 is 18.6 Å². The summed E-state index contributed by atoms with van der Waals surface area (Å²) in [4.78, 5) is 16.4. The zero-order valence-electron chi connectivity index (χ0n) is 16.2. The number of rotatable bonds is 5. The number of carbonyl (C=O) groups excluding carboxylic acids is 1. The highest BCUT2D eigenvalue weighted by atomic mass is 35.5. The van der Waals surface area contributed by atoms with Gasteiger partial charge in [0.25, 0.3) is 5.91 Å². The summed E-state index contributed by atoms with van der Waals surface area (Å²) in [6.07, 6.45) is -3.95. The molecule has 2 N–H and O–H groups in total. The molecule has 31 heavy (non-hydrogen) atoms. The van der Waals surface area contributed by atoms with E-state index in [2.05, 4.69) is 20.3 Å². The van der Waals surface area contributed by atoms with Crippen LogP contribution in [-0.2, 0) is 13.5 Å². The first-order chi connectivity index (χ1) is 14.7. The highest BCUT2D eigenvalue weighted by Crippen LogP contribution is 2.23. The van der Waals surface area contributed by atoms with Crippen molar-refractivity contribution >= 4 is 28.4 Å². The molecule has 0 atom stereocenters. The minimum absolute atomic E-state index is 0.120. The topological polar surface area (TPSA) is 88.5 Å². The van der Waals surface area contributed by atoms with Gasteiger partial charge in [-0.15, -0.1) is 0 Å². The molecule has 4 aromatic rings. The fraction of sp³-hybridized carbons (Fsp3) is 0.200. The molecule has 0 radical (unpaired) electrons. The maximum absolute atomic E-state index is 12.2. The number of nitrogens with zero attached hydrogens (tertiary/aromatic N) is 4. The van der Waals surface area contributed by atoms with Gasteiger partial charge in [-0.2, -0.15) is 23.4 Å². The van der Waals surface area contributed by atoms with E-state index in [1.165, 1.54) is 12.1 Å². The largest absolute Gasteiger partial charge is 0.405 e. The lowest BCUT2D eigenvalue weighted by molar-refractivity contribution is -0.123. The average Bonchev–Trinajstić information content (AvgIpc) is 3.28. The number of aromatic nitrogens is 5. The van der Waals surface area contributed by atoms with Gasteiger partial charge in [-0.05, 0) is 29.8 Å². The summed E-state index contributed by atoms with van der Waals surface area (Å²) in [7, 11) is 1.77. The van der Waals surface area contributed by atoms with Crippen molar-refractivity contribution in [1.29, 1.82) is 0 Å². The van der Waals surface area contributed by atoms with Crippen LogP contribution in [0.3, 0.4) is 0 Å². The van der Waals surface area contributed by atoms with Gasteiger partial charge in [0.15, 0.2) is 5.82 Å². The van der Waals surface area contributed by atoms with E-state index in [0.29, 0.717) is 28.8 Å². The van der Waals surface area contributed by atoms with Crippen LogP contribution in [0, 0.1) is 0 Å². The summed E-state index contributed by atoms with van der Waals surface area (Å²) in [5.74, 6) is 0.356. The molecule has 0 unspecified atom stereocenters. The minimum atomic E-state index is -4.46. The molecule has 2 heterocycles. The lowest BCUT2D eigenvalue weighted by Gasteiger charge is -2.08. The number of amides is 1. The minimum Gasteiger partial charge on any atom is -0.343 e. The highest BCUT2D eigenvalue weighted by molar-refractivity contribution is 6.34. The third-order valence-corrected chi connectivity index (χ3v) is 4.93. The van der Waals surface area contributed by atoms with E-state index in [-0.39, 0.29) is 5.56 Å². The molecule has 0 saturated heterocycles. The van der Waals surface area contributed by atoms with Crippen molar-refractivity contribution in [3.63, 3.8) is 0 Å². The normalized spacial score (nSPS) is 11.8. The standard InChI is InChI=1S/C20H16ClF3N6O/c1-30-16(9-11-2-7-15-14(8-11)17(21)28-27-15)26-18(29-30)12-3-5-13(6-4-12)19(31)25-10-20(22,23)24/h2-8H,9-10H2,1H3,(H,25,31)(H,27,28). The maximum atomic E-state index is 12.2. The molecule has 4 rings (SSSR count). The quantitative estimate of drug-likeness (QED) is 0.484. The van der Waals surface area contributed by atoms with Gasteiger partial charge in [0.05, 0.1) is 5.52 Å². The van der Waals surface area contributed by atoms with Gasteiger partial charge in [-0.3, -0.25) is 14.6 Å². The molecule has 2 aromatic carbocycles. The van der Waals surface area contributed by atoms with Crippen LogP contribution in [0.5, 0.6) is 0 Å². The zero-order valence-corrected chi connectivity index (χ0v) is 16.9. The van der Waals surface area contributed by atoms with E-state index in [4.69, 9.17) is 11.6 Å². The zero-order chi connectivity index (χ0) is 22.2. The van der Waals surface area contributed by atoms with E-state index in [1.807, 2.05) is 23.5 Å². The fourth-order valence-electron chi connectivity index (χ4n) is 3.06. The second-order valence-corrected chi connectivity index (χ2v) is 7.29. The number of H-pyrrole nitrogens is 1. The number of hydrogen-bond donors (Lipinski definition) is 2. The summed E-state index contributed by atoms with van der Waals surface area (Å²) in [6, 6.07) is 11.8. The lowest BCUT2D eigenvalue weighted by Crippen LogP contribution is -2.33. The maximum Gasteiger partial charge on any atom is 0.405 e. The highest BCUT2D eigenvalue weighted by Gasteiger charge is 2.27. The summed E-state index contributed by atoms with van der Waals surface area (Å²) in [5.41, 5.74) is 2.51. The van der Waals surface area contributed by atoms with Crippen molar-refractivity contribution in [2.24, 2.45) is 7.05 Å². The van der Waals surface area contributed by atoms with Gasteiger partial charge >= 0.3 is 6.18 Å². The third kappa shape index (κ3) is 4.69. The van der Waals surface area contributed by atoms with Crippen LogP contribution >= 0.6 is 11.6 Å². The Bertz CT molecular complexity index is 1250. The SMILES string of the molecule is Cn1nc(-c2ccc(C(=O)NCC(F)(F)F)cc2)nc1Cc1ccc2n[nH]c(Cl)c2c1. The number of benzene rings is 2. The van der Waals surface area contributed by atoms with Crippen LogP contribution in [0.25, 0.3) is 22.3 Å². The predicted molar refractivity (Wildman–Crippen MR) is 109 cm³/mol. The molecule has 7 nitrogen and oxygen atoms in total. The number of aromatic amines is 1. The van der Waals surface area contributed by atoms with E-state index in [9.17, 15) is 18.0 Å². The summed E-state index contributed by atoms with van der Waals surface area (Å²) in [6.45, 7) is -1.38. The second kappa shape index (κ2) is 8.03. The number of nitrogens with one attached hydrogen (secondary N) is 2. The van der Waals surface area contributed by atoms with Crippen molar-refractivity contribution in [2.45, 2.75) is 12.6 Å². The Morgan fingerprint density at radius 2 is 1.94 bits per heavy atom. The van der Waals surface area contributed by atoms with Gasteiger partial charge in [-0.25, -0.2) is 4.98 Å². The molecule has 0 aliphatic heterocycles. The predicted octanol–water partition coefficient (Wildman–Crippen LogP) is 3.89. The molecule has 0 spiro atoms. The Balaban J connectivity index is 1.50. The Kier molecular flexibility index (Phi) is 5.40. The molecule has 160 valence electrons. The van der Waals surface area contributed by atoms with E-state index >= 15 is 0 Å². The average molecular weight is 449 g/mol. The van der Waals surface area contributed by atoms with Crippen LogP contribution in [0.15, 0.2) is 42.5 Å². The summed E-state index contributed by atoms with van der Waals surface area (Å²) >= 11 is 6.10. The molecule has 1 amide bonds. The van der Waals surface area contributed by atoms with Crippen LogP contribution in [0.1, 0.15) is 21.7 Å². The van der Waals surface area contributed by atoms with Gasteiger partial charge in [0, 0.05) is 30.0 Å². The third-order valence-electron chi connectivity index (χ3n) is 4.64. The summed E-state index contributed by atoms with van der Waals surface area (Å²) in [5, 5.41) is 14.4. The van der Waals surface area contributed by atoms with Gasteiger partial charge in [-0.1, -0.05) is 29.8 Å². The Morgan fingerprint density at radius 3 is 2.65 bits per heavy atom. The monoisotopic (exact) mass is 448 g/mol. The van der Waals surface area contributed by atoms with Crippen molar-refractivity contribution in [1.82, 2.24) is 30.3 Å². The second-order valence-electron chi connectivity index (χ2n) is 6.92. The van der Waals surface area contributed by atoms with Crippen molar-refractivity contribution < 1.29 is 18.0 Å². The first-order valence-corrected chi connectivity index (χ1v) is 9.55. The molecular weight excluding hydrogens is 433 g/mol. The number of fused-ring (bicyclic) bond motifs is 1. The molecule has 11 heteroatoms. The number of hydrogen-bond acceptors (Lipinski definition) is 4. The smallest absolute Gasteiger partial charge is 0.343 e. The first-order valence-electron chi connectivity index (χ1n) is 9.17. The Labute approximate surface area is 179 Å². The van der Waals surface area contributed by atoms with E-state index in [1.54, 1.807) is 23.9 Å². The van der Waals surface area contributed by atoms with Crippen LogP contribution in [0.2, 0.25) is 5.15 Å². The molecule has 0 saturated carbocycles. The van der Waals surface area contributed by atoms with Crippen molar-refractivity contribution in [3.05, 3.63) is 64.6 Å². The Morgan fingerprint density at radius 1 is 1.19 bits per heavy atom. The number of aryl methyl sites for hydroxylation is 1. The molecule has 0 bridgehead atoms. The fourth-order valence-corrected chi connectivity index (χ4v) is 3.26. The van der Waals surface area contributed by atoms with Crippen LogP contribution < -0.4 is 5.32 Å². The summed E-state index contributed by atoms with van der Waals surface area (Å²) < 4.78 is 38.4. The van der Waals surface area contributed by atoms with Gasteiger partial charge < -0.3 is 5.32 Å². The number of carbonyl (C=O) groups is 1. The molecule has 0 fully saturated rings. The first kappa shape index (κ1) is 20.9. The number of alkyl halides is 3.